The number of hydrogen-bond acceptors (Lipinski definition) is 15. The van der Waals surface area contributed by atoms with Crippen LogP contribution in [0.25, 0.3) is 66.4 Å². The molecule has 2 aliphatic rings. The molecule has 7 aromatic heterocycles. The van der Waals surface area contributed by atoms with Crippen molar-refractivity contribution in [2.45, 2.75) is 76.5 Å². The molecular weight excluding hydrogens is 932 g/mol. The van der Waals surface area contributed by atoms with Crippen LogP contribution in [0.15, 0.2) is 107 Å². The van der Waals surface area contributed by atoms with E-state index >= 15 is 0 Å². The number of nitrogen functional groups attached to an aromatic ring is 2. The molecule has 1 amide bonds. The van der Waals surface area contributed by atoms with Crippen LogP contribution in [0.2, 0.25) is 0 Å². The van der Waals surface area contributed by atoms with Crippen molar-refractivity contribution in [1.29, 1.82) is 0 Å². The molecule has 5 N–H and O–H groups in total. The van der Waals surface area contributed by atoms with Crippen LogP contribution < -0.4 is 32.6 Å². The highest BCUT2D eigenvalue weighted by Gasteiger charge is 2.34. The van der Waals surface area contributed by atoms with Crippen LogP contribution >= 0.6 is 0 Å². The first-order chi connectivity index (χ1) is 35.5. The zero-order chi connectivity index (χ0) is 50.7. The lowest BCUT2D eigenvalue weighted by Crippen LogP contribution is -2.34. The molecule has 2 saturated carbocycles. The molecule has 0 spiro atoms. The molecule has 2 fully saturated rings. The highest BCUT2D eigenvalue weighted by Crippen LogP contribution is 2.40. The van der Waals surface area contributed by atoms with Gasteiger partial charge in [-0.3, -0.25) is 23.5 Å². The maximum Gasteiger partial charge on any atom is 0.261 e. The number of pyridine rings is 1. The summed E-state index contributed by atoms with van der Waals surface area (Å²) in [6, 6.07) is 21.5. The summed E-state index contributed by atoms with van der Waals surface area (Å²) in [6.07, 6.45) is 9.73. The van der Waals surface area contributed by atoms with Crippen LogP contribution in [0.5, 0.6) is 5.88 Å². The molecule has 0 aliphatic heterocycles. The third-order valence-corrected chi connectivity index (χ3v) is 13.7. The Morgan fingerprint density at radius 3 is 1.97 bits per heavy atom. The van der Waals surface area contributed by atoms with E-state index in [2.05, 4.69) is 30.2 Å². The van der Waals surface area contributed by atoms with Gasteiger partial charge in [-0.1, -0.05) is 31.2 Å². The van der Waals surface area contributed by atoms with E-state index in [-0.39, 0.29) is 40.3 Å². The van der Waals surface area contributed by atoms with E-state index in [0.29, 0.717) is 85.2 Å². The molecule has 10 aromatic rings. The lowest BCUT2D eigenvalue weighted by Gasteiger charge is -2.31. The average Bonchev–Trinajstić information content (AvgIpc) is 4.04. The molecule has 2 aliphatic carbocycles. The fourth-order valence-corrected chi connectivity index (χ4v) is 9.59. The van der Waals surface area contributed by atoms with Crippen molar-refractivity contribution < 1.29 is 13.9 Å². The molecule has 0 saturated heterocycles. The number of nitrogens with one attached hydrogen (secondary N) is 1. The van der Waals surface area contributed by atoms with E-state index in [1.165, 1.54) is 30.9 Å². The highest BCUT2D eigenvalue weighted by molar-refractivity contribution is 6.00. The summed E-state index contributed by atoms with van der Waals surface area (Å²) in [5.74, 6) is 1.62. The number of rotatable bonds is 11. The zero-order valence-electron chi connectivity index (χ0n) is 40.3. The van der Waals surface area contributed by atoms with Crippen molar-refractivity contribution in [1.82, 2.24) is 68.9 Å². The van der Waals surface area contributed by atoms with E-state index in [4.69, 9.17) is 36.4 Å². The molecule has 20 nitrogen and oxygen atoms in total. The summed E-state index contributed by atoms with van der Waals surface area (Å²) in [5.41, 5.74) is 17.7. The lowest BCUT2D eigenvalue weighted by atomic mass is 9.92. The van der Waals surface area contributed by atoms with E-state index in [1.807, 2.05) is 60.9 Å². The van der Waals surface area contributed by atoms with E-state index in [0.717, 1.165) is 43.2 Å². The molecule has 368 valence electrons. The number of fused-ring (bicyclic) bond motifs is 4. The predicted molar refractivity (Wildman–Crippen MR) is 273 cm³/mol. The van der Waals surface area contributed by atoms with Crippen molar-refractivity contribution in [3.63, 3.8) is 0 Å². The standard InChI is InChI=1S/C27H26N8O2.C25H23FN8O2/c1-15(24-32-20-9-4-3-8-19(20)27(37)34(24)18-6-5-7-18)35-25-21(23(28)30-14-31-25)22(33-35)16-10-12-17(13-11-16)26(36)29-2;1-3-18(23-31-17-8-5-14(26)10-16(17)25(35)33(23)15-6-7-15)34-24-20(22(27)29-12-30-24)21(32-34)13-4-9-19(36-2)28-11-13/h3-4,8-15,18H,5-7H2,1-2H3,(H,29,36)(H2,28,30,31);4-5,8-12,15,18H,3,6-7H2,1-2H3,(H2,27,29,30). The summed E-state index contributed by atoms with van der Waals surface area (Å²) < 4.78 is 26.2. The Morgan fingerprint density at radius 1 is 0.740 bits per heavy atom. The Balaban J connectivity index is 0.000000157. The average molecular weight is 981 g/mol. The minimum Gasteiger partial charge on any atom is -0.481 e. The monoisotopic (exact) mass is 980 g/mol. The van der Waals surface area contributed by atoms with Crippen LogP contribution in [0, 0.1) is 5.82 Å². The van der Waals surface area contributed by atoms with Gasteiger partial charge < -0.3 is 21.5 Å². The molecule has 3 aromatic carbocycles. The fraction of sp³-hybridized carbons (Fsp3) is 0.269. The predicted octanol–water partition coefficient (Wildman–Crippen LogP) is 7.14. The minimum absolute atomic E-state index is 0.0218. The Kier molecular flexibility index (Phi) is 11.8. The summed E-state index contributed by atoms with van der Waals surface area (Å²) in [7, 11) is 3.14. The number of para-hydroxylation sites is 1. The first-order valence-corrected chi connectivity index (χ1v) is 24.0. The lowest BCUT2D eigenvalue weighted by molar-refractivity contribution is 0.0963. The number of carbonyl (C=O) groups excluding carboxylic acids is 1. The van der Waals surface area contributed by atoms with Crippen molar-refractivity contribution in [3.8, 4) is 28.4 Å². The molecule has 73 heavy (non-hydrogen) atoms. The maximum atomic E-state index is 14.0. The number of hydrogen-bond donors (Lipinski definition) is 3. The van der Waals surface area contributed by atoms with E-state index < -0.39 is 17.9 Å². The SMILES string of the molecule is CCC(c1nc2ccc(F)cc2c(=O)n1C1CC1)n1nc(-c2ccc(OC)nc2)c2c(N)ncnc21.CNC(=O)c1ccc(-c2nn(C(C)c3nc4ccccc4c(=O)n3C3CCC3)c3ncnc(N)c23)cc1. The Bertz CT molecular complexity index is 3900. The van der Waals surface area contributed by atoms with Gasteiger partial charge in [-0.15, -0.1) is 0 Å². The number of ether oxygens (including phenoxy) is 1. The molecule has 21 heteroatoms. The number of benzene rings is 3. The smallest absolute Gasteiger partial charge is 0.261 e. The second kappa shape index (κ2) is 18.6. The van der Waals surface area contributed by atoms with Gasteiger partial charge in [-0.2, -0.15) is 10.2 Å². The number of carbonyl (C=O) groups is 1. The highest BCUT2D eigenvalue weighted by atomic mass is 19.1. The Morgan fingerprint density at radius 2 is 1.34 bits per heavy atom. The molecule has 7 heterocycles. The second-order valence-electron chi connectivity index (χ2n) is 18.1. The maximum absolute atomic E-state index is 14.0. The van der Waals surface area contributed by atoms with Crippen molar-refractivity contribution >= 4 is 61.4 Å². The number of methoxy groups -OCH3 is 1. The van der Waals surface area contributed by atoms with Crippen LogP contribution in [0.1, 0.15) is 98.5 Å². The van der Waals surface area contributed by atoms with Crippen LogP contribution in [-0.2, 0) is 0 Å². The van der Waals surface area contributed by atoms with Gasteiger partial charge in [0.15, 0.2) is 11.3 Å². The first kappa shape index (κ1) is 46.4. The van der Waals surface area contributed by atoms with Gasteiger partial charge in [0, 0.05) is 48.1 Å². The van der Waals surface area contributed by atoms with Gasteiger partial charge in [-0.05, 0) is 94.0 Å². The van der Waals surface area contributed by atoms with Crippen molar-refractivity contribution in [3.05, 3.63) is 141 Å². The van der Waals surface area contributed by atoms with Crippen molar-refractivity contribution in [2.24, 2.45) is 0 Å². The summed E-state index contributed by atoms with van der Waals surface area (Å²) in [4.78, 5) is 70.6. The molecule has 2 atom stereocenters. The number of aromatic nitrogens is 13. The zero-order valence-corrected chi connectivity index (χ0v) is 40.3. The number of anilines is 2. The molecule has 0 bridgehead atoms. The third kappa shape index (κ3) is 8.11. The molecule has 0 radical (unpaired) electrons. The largest absolute Gasteiger partial charge is 0.481 e. The molecular formula is C52H49FN16O4. The summed E-state index contributed by atoms with van der Waals surface area (Å²) in [5, 5.41) is 14.5. The third-order valence-electron chi connectivity index (χ3n) is 13.7. The Labute approximate surface area is 415 Å². The van der Waals surface area contributed by atoms with Gasteiger partial charge in [0.25, 0.3) is 17.0 Å². The van der Waals surface area contributed by atoms with Gasteiger partial charge >= 0.3 is 0 Å². The van der Waals surface area contributed by atoms with E-state index in [9.17, 15) is 18.8 Å². The normalized spacial score (nSPS) is 14.5. The minimum atomic E-state index is -0.466. The Hall–Kier alpha value is -9.01. The van der Waals surface area contributed by atoms with Crippen molar-refractivity contribution in [2.75, 3.05) is 25.6 Å². The number of halogens is 1. The summed E-state index contributed by atoms with van der Waals surface area (Å²) in [6.45, 7) is 3.96. The molecule has 2 unspecified atom stereocenters. The van der Waals surface area contributed by atoms with Crippen LogP contribution in [0.3, 0.4) is 0 Å². The fourth-order valence-electron chi connectivity index (χ4n) is 9.59. The topological polar surface area (TPSA) is 260 Å². The summed E-state index contributed by atoms with van der Waals surface area (Å²) >= 11 is 0. The molecule has 12 rings (SSSR count). The van der Waals surface area contributed by atoms with Gasteiger partial charge in [0.2, 0.25) is 5.88 Å². The quantitative estimate of drug-likeness (QED) is 0.116. The number of nitrogens with two attached hydrogens (primary N) is 2. The van der Waals surface area contributed by atoms with Crippen LogP contribution in [-0.4, -0.2) is 83.6 Å². The van der Waals surface area contributed by atoms with Gasteiger partial charge in [0.05, 0.1) is 39.7 Å². The number of amides is 1. The van der Waals surface area contributed by atoms with Gasteiger partial charge in [-0.25, -0.2) is 48.6 Å². The van der Waals surface area contributed by atoms with Gasteiger partial charge in [0.1, 0.15) is 65.2 Å². The van der Waals surface area contributed by atoms with Crippen LogP contribution in [0.4, 0.5) is 16.0 Å². The van der Waals surface area contributed by atoms with E-state index in [1.54, 1.807) is 52.5 Å². The first-order valence-electron chi connectivity index (χ1n) is 24.0. The second-order valence-corrected chi connectivity index (χ2v) is 18.1. The number of nitrogens with zero attached hydrogens (tertiary/aromatic N) is 13.